The number of rotatable bonds is 3. The van der Waals surface area contributed by atoms with Crippen LogP contribution in [0.15, 0.2) is 22.7 Å². The van der Waals surface area contributed by atoms with Gasteiger partial charge in [-0.05, 0) is 36.8 Å². The zero-order valence-electron chi connectivity index (χ0n) is 9.20. The van der Waals surface area contributed by atoms with Crippen LogP contribution in [-0.2, 0) is 6.42 Å². The number of hydrogen-bond donors (Lipinski definition) is 1. The van der Waals surface area contributed by atoms with E-state index < -0.39 is 0 Å². The number of aromatic amines is 1. The molecule has 0 amide bonds. The van der Waals surface area contributed by atoms with Gasteiger partial charge in [0.25, 0.3) is 0 Å². The molecule has 2 rings (SSSR count). The van der Waals surface area contributed by atoms with Crippen LogP contribution in [0.2, 0.25) is 5.02 Å². The Balaban J connectivity index is 2.63. The summed E-state index contributed by atoms with van der Waals surface area (Å²) in [6.45, 7) is 2.10. The van der Waals surface area contributed by atoms with E-state index in [1.54, 1.807) is 0 Å². The quantitative estimate of drug-likeness (QED) is 0.850. The summed E-state index contributed by atoms with van der Waals surface area (Å²) >= 11 is 14.9. The van der Waals surface area contributed by atoms with Crippen molar-refractivity contribution >= 4 is 39.7 Å². The molecule has 6 heteroatoms. The molecule has 0 unspecified atom stereocenters. The van der Waals surface area contributed by atoms with Crippen molar-refractivity contribution in [3.63, 3.8) is 0 Å². The van der Waals surface area contributed by atoms with E-state index in [1.807, 2.05) is 22.8 Å². The van der Waals surface area contributed by atoms with E-state index in [-0.39, 0.29) is 0 Å². The summed E-state index contributed by atoms with van der Waals surface area (Å²) in [6.07, 6.45) is 1.86. The summed E-state index contributed by atoms with van der Waals surface area (Å²) in [5, 5.41) is 7.69. The van der Waals surface area contributed by atoms with Crippen LogP contribution in [0, 0.1) is 4.77 Å². The third-order valence-corrected chi connectivity index (χ3v) is 3.45. The molecule has 0 saturated carbocycles. The molecule has 0 atom stereocenters. The predicted octanol–water partition coefficient (Wildman–Crippen LogP) is 4.30. The van der Waals surface area contributed by atoms with E-state index in [1.165, 1.54) is 0 Å². The number of halogens is 2. The van der Waals surface area contributed by atoms with Crippen LogP contribution in [0.5, 0.6) is 0 Å². The fourth-order valence-electron chi connectivity index (χ4n) is 1.63. The van der Waals surface area contributed by atoms with Crippen molar-refractivity contribution in [1.82, 2.24) is 14.8 Å². The van der Waals surface area contributed by atoms with Crippen LogP contribution >= 0.6 is 39.7 Å². The summed E-state index contributed by atoms with van der Waals surface area (Å²) in [5.74, 6) is 0.900. The Bertz CT molecular complexity index is 591. The SMILES string of the molecule is CCCc1n[nH]c(=S)n1-c1cc(Br)ccc1Cl. The number of aromatic nitrogens is 3. The molecule has 17 heavy (non-hydrogen) atoms. The first kappa shape index (κ1) is 12.8. The monoisotopic (exact) mass is 331 g/mol. The minimum Gasteiger partial charge on any atom is -0.271 e. The molecule has 0 aliphatic heterocycles. The molecule has 2 aromatic rings. The molecule has 0 fully saturated rings. The third-order valence-electron chi connectivity index (χ3n) is 2.36. The molecule has 1 aromatic carbocycles. The zero-order chi connectivity index (χ0) is 12.4. The van der Waals surface area contributed by atoms with Crippen LogP contribution in [0.1, 0.15) is 19.2 Å². The largest absolute Gasteiger partial charge is 0.271 e. The van der Waals surface area contributed by atoms with Crippen molar-refractivity contribution < 1.29 is 0 Å². The Morgan fingerprint density at radius 3 is 3.00 bits per heavy atom. The average Bonchev–Trinajstić information content (AvgIpc) is 2.64. The van der Waals surface area contributed by atoms with E-state index in [0.717, 1.165) is 28.8 Å². The van der Waals surface area contributed by atoms with E-state index >= 15 is 0 Å². The van der Waals surface area contributed by atoms with Crippen LogP contribution < -0.4 is 0 Å². The topological polar surface area (TPSA) is 33.6 Å². The Morgan fingerprint density at radius 2 is 2.29 bits per heavy atom. The lowest BCUT2D eigenvalue weighted by Crippen LogP contribution is -2.02. The van der Waals surface area contributed by atoms with Crippen LogP contribution in [0.25, 0.3) is 5.69 Å². The highest BCUT2D eigenvalue weighted by atomic mass is 79.9. The lowest BCUT2D eigenvalue weighted by Gasteiger charge is -2.08. The number of nitrogens with zero attached hydrogens (tertiary/aromatic N) is 2. The normalized spacial score (nSPS) is 10.8. The van der Waals surface area contributed by atoms with Gasteiger partial charge in [-0.3, -0.25) is 9.67 Å². The van der Waals surface area contributed by atoms with Crippen molar-refractivity contribution in [2.45, 2.75) is 19.8 Å². The average molecular weight is 333 g/mol. The minimum absolute atomic E-state index is 0.563. The number of benzene rings is 1. The Kier molecular flexibility index (Phi) is 4.01. The van der Waals surface area contributed by atoms with Gasteiger partial charge < -0.3 is 0 Å². The van der Waals surface area contributed by atoms with E-state index in [9.17, 15) is 0 Å². The van der Waals surface area contributed by atoms with Gasteiger partial charge in [0.15, 0.2) is 4.77 Å². The minimum atomic E-state index is 0.563. The van der Waals surface area contributed by atoms with E-state index in [0.29, 0.717) is 9.79 Å². The number of hydrogen-bond acceptors (Lipinski definition) is 2. The maximum Gasteiger partial charge on any atom is 0.199 e. The first-order valence-corrected chi connectivity index (χ1v) is 6.83. The lowest BCUT2D eigenvalue weighted by molar-refractivity contribution is 0.801. The summed E-state index contributed by atoms with van der Waals surface area (Å²) in [6, 6.07) is 5.67. The standard InChI is InChI=1S/C11H11BrClN3S/c1-2-3-10-14-15-11(17)16(10)9-6-7(12)4-5-8(9)13/h4-6H,2-3H2,1H3,(H,15,17). The Morgan fingerprint density at radius 1 is 1.53 bits per heavy atom. The van der Waals surface area contributed by atoms with Crippen molar-refractivity contribution in [2.24, 2.45) is 0 Å². The maximum absolute atomic E-state index is 6.20. The smallest absolute Gasteiger partial charge is 0.199 e. The van der Waals surface area contributed by atoms with Gasteiger partial charge >= 0.3 is 0 Å². The Labute approximate surface area is 118 Å². The van der Waals surface area contributed by atoms with Crippen molar-refractivity contribution in [3.05, 3.63) is 38.3 Å². The highest BCUT2D eigenvalue weighted by molar-refractivity contribution is 9.10. The molecule has 1 N–H and O–H groups in total. The maximum atomic E-state index is 6.20. The van der Waals surface area contributed by atoms with Crippen LogP contribution in [0.4, 0.5) is 0 Å². The second-order valence-electron chi connectivity index (χ2n) is 3.63. The lowest BCUT2D eigenvalue weighted by atomic mass is 10.3. The number of aryl methyl sites for hydroxylation is 1. The molecule has 0 aliphatic rings. The number of nitrogens with one attached hydrogen (secondary N) is 1. The first-order chi connectivity index (χ1) is 8.13. The highest BCUT2D eigenvalue weighted by Gasteiger charge is 2.11. The van der Waals surface area contributed by atoms with Crippen molar-refractivity contribution in [2.75, 3.05) is 0 Å². The molecule has 1 aromatic heterocycles. The van der Waals surface area contributed by atoms with E-state index in [2.05, 4.69) is 33.1 Å². The summed E-state index contributed by atoms with van der Waals surface area (Å²) in [4.78, 5) is 0. The van der Waals surface area contributed by atoms with Gasteiger partial charge in [-0.25, -0.2) is 0 Å². The fourth-order valence-corrected chi connectivity index (χ4v) is 2.43. The fraction of sp³-hybridized carbons (Fsp3) is 0.273. The molecular weight excluding hydrogens is 322 g/mol. The third kappa shape index (κ3) is 2.61. The summed E-state index contributed by atoms with van der Waals surface area (Å²) in [5.41, 5.74) is 0.850. The second kappa shape index (κ2) is 5.33. The molecule has 0 aliphatic carbocycles. The van der Waals surface area contributed by atoms with Gasteiger partial charge in [0, 0.05) is 10.9 Å². The number of H-pyrrole nitrogens is 1. The molecule has 3 nitrogen and oxygen atoms in total. The van der Waals surface area contributed by atoms with Crippen molar-refractivity contribution in [3.8, 4) is 5.69 Å². The van der Waals surface area contributed by atoms with Crippen LogP contribution in [-0.4, -0.2) is 14.8 Å². The first-order valence-electron chi connectivity index (χ1n) is 5.25. The summed E-state index contributed by atoms with van der Waals surface area (Å²) in [7, 11) is 0. The summed E-state index contributed by atoms with van der Waals surface area (Å²) < 4.78 is 3.40. The van der Waals surface area contributed by atoms with Gasteiger partial charge in [0.2, 0.25) is 0 Å². The zero-order valence-corrected chi connectivity index (χ0v) is 12.4. The molecule has 0 saturated heterocycles. The van der Waals surface area contributed by atoms with E-state index in [4.69, 9.17) is 23.8 Å². The van der Waals surface area contributed by atoms with Gasteiger partial charge in [0.1, 0.15) is 5.82 Å². The predicted molar refractivity (Wildman–Crippen MR) is 75.5 cm³/mol. The van der Waals surface area contributed by atoms with Gasteiger partial charge in [-0.2, -0.15) is 5.10 Å². The van der Waals surface area contributed by atoms with Gasteiger partial charge in [0.05, 0.1) is 10.7 Å². The van der Waals surface area contributed by atoms with Gasteiger partial charge in [-0.1, -0.05) is 34.5 Å². The van der Waals surface area contributed by atoms with Crippen LogP contribution in [0.3, 0.4) is 0 Å². The highest BCUT2D eigenvalue weighted by Crippen LogP contribution is 2.25. The Hall–Kier alpha value is -0.650. The molecule has 1 heterocycles. The molecule has 0 spiro atoms. The van der Waals surface area contributed by atoms with Gasteiger partial charge in [-0.15, -0.1) is 0 Å². The molecule has 0 radical (unpaired) electrons. The second-order valence-corrected chi connectivity index (χ2v) is 5.34. The molecule has 0 bridgehead atoms. The van der Waals surface area contributed by atoms with Crippen molar-refractivity contribution in [1.29, 1.82) is 0 Å². The molecule has 90 valence electrons. The molecular formula is C11H11BrClN3S.